The number of carbonyl (C=O) groups excluding carboxylic acids is 1. The van der Waals surface area contributed by atoms with Gasteiger partial charge in [-0.15, -0.1) is 0 Å². The van der Waals surface area contributed by atoms with Crippen LogP contribution in [0.2, 0.25) is 0 Å². The van der Waals surface area contributed by atoms with Crippen LogP contribution in [0.5, 0.6) is 0 Å². The molecule has 2 aliphatic rings. The molecule has 1 aliphatic carbocycles. The molecule has 1 aromatic carbocycles. The summed E-state index contributed by atoms with van der Waals surface area (Å²) < 4.78 is 0. The van der Waals surface area contributed by atoms with Gasteiger partial charge in [-0.3, -0.25) is 9.59 Å². The van der Waals surface area contributed by atoms with Crippen molar-refractivity contribution in [1.29, 1.82) is 0 Å². The molecule has 1 saturated heterocycles. The number of nitrogens with zero attached hydrogens (tertiary/aromatic N) is 1. The SMILES string of the molecule is O=C(O)C(CC(=O)N1CCC2CCCCC21)Cc1ccccc1. The molecule has 23 heavy (non-hydrogen) atoms. The fraction of sp³-hybridized carbons (Fsp3) is 0.579. The number of aliphatic carboxylic acids is 1. The standard InChI is InChI=1S/C19H25NO3/c21-18(20-11-10-15-8-4-5-9-17(15)20)13-16(19(22)23)12-14-6-2-1-3-7-14/h1-3,6-7,15-17H,4-5,8-13H2,(H,22,23). The summed E-state index contributed by atoms with van der Waals surface area (Å²) in [6, 6.07) is 9.94. The summed E-state index contributed by atoms with van der Waals surface area (Å²) in [6.45, 7) is 0.811. The summed E-state index contributed by atoms with van der Waals surface area (Å²) in [5, 5.41) is 9.49. The van der Waals surface area contributed by atoms with Crippen LogP contribution in [0.25, 0.3) is 0 Å². The minimum Gasteiger partial charge on any atom is -0.481 e. The van der Waals surface area contributed by atoms with Gasteiger partial charge < -0.3 is 10.0 Å². The summed E-state index contributed by atoms with van der Waals surface area (Å²) in [5.74, 6) is -0.832. The van der Waals surface area contributed by atoms with E-state index in [4.69, 9.17) is 0 Å². The van der Waals surface area contributed by atoms with Crippen LogP contribution in [-0.4, -0.2) is 34.5 Å². The summed E-state index contributed by atoms with van der Waals surface area (Å²) >= 11 is 0. The molecule has 0 aromatic heterocycles. The smallest absolute Gasteiger partial charge is 0.307 e. The fourth-order valence-corrected chi connectivity index (χ4v) is 4.19. The Morgan fingerprint density at radius 1 is 1.13 bits per heavy atom. The van der Waals surface area contributed by atoms with Crippen LogP contribution in [0.1, 0.15) is 44.1 Å². The number of likely N-dealkylation sites (tertiary alicyclic amines) is 1. The number of carboxylic acids is 1. The average molecular weight is 315 g/mol. The maximum absolute atomic E-state index is 12.7. The van der Waals surface area contributed by atoms with E-state index in [1.807, 2.05) is 35.2 Å². The third-order valence-electron chi connectivity index (χ3n) is 5.43. The maximum Gasteiger partial charge on any atom is 0.307 e. The average Bonchev–Trinajstić information content (AvgIpc) is 2.99. The highest BCUT2D eigenvalue weighted by atomic mass is 16.4. The first-order chi connectivity index (χ1) is 11.1. The molecule has 1 aromatic rings. The second-order valence-corrected chi connectivity index (χ2v) is 6.92. The minimum atomic E-state index is -0.874. The van der Waals surface area contributed by atoms with Gasteiger partial charge >= 0.3 is 5.97 Å². The Kier molecular flexibility index (Phi) is 4.99. The third kappa shape index (κ3) is 3.74. The van der Waals surface area contributed by atoms with E-state index in [0.717, 1.165) is 24.9 Å². The Hall–Kier alpha value is -1.84. The van der Waals surface area contributed by atoms with Gasteiger partial charge in [-0.2, -0.15) is 0 Å². The zero-order valence-corrected chi connectivity index (χ0v) is 13.5. The molecule has 4 nitrogen and oxygen atoms in total. The van der Waals surface area contributed by atoms with Crippen LogP contribution in [0, 0.1) is 11.8 Å². The van der Waals surface area contributed by atoms with Gasteiger partial charge in [-0.25, -0.2) is 0 Å². The topological polar surface area (TPSA) is 57.6 Å². The molecule has 2 fully saturated rings. The number of fused-ring (bicyclic) bond motifs is 1. The van der Waals surface area contributed by atoms with Crippen molar-refractivity contribution in [3.63, 3.8) is 0 Å². The van der Waals surface area contributed by atoms with Crippen molar-refractivity contribution in [3.05, 3.63) is 35.9 Å². The Labute approximate surface area is 137 Å². The Morgan fingerprint density at radius 3 is 2.61 bits per heavy atom. The molecular formula is C19H25NO3. The van der Waals surface area contributed by atoms with Crippen molar-refractivity contribution >= 4 is 11.9 Å². The zero-order valence-electron chi connectivity index (χ0n) is 13.5. The van der Waals surface area contributed by atoms with Gasteiger partial charge in [0.15, 0.2) is 0 Å². The summed E-state index contributed by atoms with van der Waals surface area (Å²) in [6.07, 6.45) is 6.41. The normalized spacial score (nSPS) is 25.0. The second kappa shape index (κ2) is 7.16. The largest absolute Gasteiger partial charge is 0.481 e. The van der Waals surface area contributed by atoms with E-state index in [9.17, 15) is 14.7 Å². The first kappa shape index (κ1) is 16.0. The summed E-state index contributed by atoms with van der Waals surface area (Å²) in [5.41, 5.74) is 0.977. The molecule has 4 heteroatoms. The second-order valence-electron chi connectivity index (χ2n) is 6.92. The van der Waals surface area contributed by atoms with E-state index in [0.29, 0.717) is 18.4 Å². The number of benzene rings is 1. The monoisotopic (exact) mass is 315 g/mol. The van der Waals surface area contributed by atoms with E-state index < -0.39 is 11.9 Å². The molecule has 1 heterocycles. The van der Waals surface area contributed by atoms with Crippen molar-refractivity contribution in [2.75, 3.05) is 6.54 Å². The quantitative estimate of drug-likeness (QED) is 0.908. The Balaban J connectivity index is 1.63. The highest BCUT2D eigenvalue weighted by molar-refractivity contribution is 5.83. The van der Waals surface area contributed by atoms with Crippen molar-refractivity contribution in [2.24, 2.45) is 11.8 Å². The van der Waals surface area contributed by atoms with E-state index in [1.165, 1.54) is 19.3 Å². The van der Waals surface area contributed by atoms with Gasteiger partial charge in [0, 0.05) is 19.0 Å². The van der Waals surface area contributed by atoms with E-state index in [-0.39, 0.29) is 12.3 Å². The molecule has 0 radical (unpaired) electrons. The molecule has 3 unspecified atom stereocenters. The third-order valence-corrected chi connectivity index (χ3v) is 5.43. The number of amides is 1. The van der Waals surface area contributed by atoms with Gasteiger partial charge in [0.25, 0.3) is 0 Å². The Morgan fingerprint density at radius 2 is 1.87 bits per heavy atom. The Bertz CT molecular complexity index is 557. The molecular weight excluding hydrogens is 290 g/mol. The predicted octanol–water partition coefficient (Wildman–Crippen LogP) is 3.11. The number of carbonyl (C=O) groups is 2. The van der Waals surface area contributed by atoms with Crippen LogP contribution >= 0.6 is 0 Å². The van der Waals surface area contributed by atoms with Crippen LogP contribution < -0.4 is 0 Å². The van der Waals surface area contributed by atoms with Crippen LogP contribution in [0.3, 0.4) is 0 Å². The van der Waals surface area contributed by atoms with E-state index in [1.54, 1.807) is 0 Å². The fourth-order valence-electron chi connectivity index (χ4n) is 4.19. The zero-order chi connectivity index (χ0) is 16.2. The molecule has 1 amide bonds. The number of rotatable bonds is 5. The summed E-state index contributed by atoms with van der Waals surface area (Å²) in [4.78, 5) is 26.2. The van der Waals surface area contributed by atoms with Gasteiger partial charge in [0.1, 0.15) is 0 Å². The molecule has 1 N–H and O–H groups in total. The first-order valence-corrected chi connectivity index (χ1v) is 8.71. The molecule has 3 rings (SSSR count). The van der Waals surface area contributed by atoms with Gasteiger partial charge in [-0.05, 0) is 37.2 Å². The number of hydrogen-bond acceptors (Lipinski definition) is 2. The summed E-state index contributed by atoms with van der Waals surface area (Å²) in [7, 11) is 0. The minimum absolute atomic E-state index is 0.0303. The van der Waals surface area contributed by atoms with Crippen LogP contribution in [0.15, 0.2) is 30.3 Å². The highest BCUT2D eigenvalue weighted by Gasteiger charge is 2.39. The van der Waals surface area contributed by atoms with E-state index in [2.05, 4.69) is 0 Å². The predicted molar refractivity (Wildman–Crippen MR) is 88.0 cm³/mol. The molecule has 1 saturated carbocycles. The molecule has 124 valence electrons. The lowest BCUT2D eigenvalue weighted by molar-refractivity contribution is -0.146. The van der Waals surface area contributed by atoms with Crippen molar-refractivity contribution in [2.45, 2.75) is 51.0 Å². The molecule has 0 bridgehead atoms. The van der Waals surface area contributed by atoms with Crippen molar-refractivity contribution in [1.82, 2.24) is 4.90 Å². The number of hydrogen-bond donors (Lipinski definition) is 1. The van der Waals surface area contributed by atoms with Gasteiger partial charge in [0.2, 0.25) is 5.91 Å². The maximum atomic E-state index is 12.7. The van der Waals surface area contributed by atoms with Gasteiger partial charge in [-0.1, -0.05) is 43.2 Å². The highest BCUT2D eigenvalue weighted by Crippen LogP contribution is 2.36. The van der Waals surface area contributed by atoms with Crippen LogP contribution in [0.4, 0.5) is 0 Å². The molecule has 1 aliphatic heterocycles. The van der Waals surface area contributed by atoms with Gasteiger partial charge in [0.05, 0.1) is 5.92 Å². The lowest BCUT2D eigenvalue weighted by atomic mass is 9.85. The first-order valence-electron chi connectivity index (χ1n) is 8.71. The molecule has 3 atom stereocenters. The van der Waals surface area contributed by atoms with Crippen molar-refractivity contribution in [3.8, 4) is 0 Å². The lowest BCUT2D eigenvalue weighted by Crippen LogP contribution is -2.40. The van der Waals surface area contributed by atoms with Crippen molar-refractivity contribution < 1.29 is 14.7 Å². The van der Waals surface area contributed by atoms with Crippen LogP contribution in [-0.2, 0) is 16.0 Å². The van der Waals surface area contributed by atoms with E-state index >= 15 is 0 Å². The number of carboxylic acid groups (broad SMARTS) is 1. The lowest BCUT2D eigenvalue weighted by Gasteiger charge is -2.32. The molecule has 0 spiro atoms.